The minimum absolute atomic E-state index is 0.0516. The normalized spacial score (nSPS) is 26.4. The Morgan fingerprint density at radius 3 is 2.68 bits per heavy atom. The number of carbonyl (C=O) groups is 2. The van der Waals surface area contributed by atoms with Crippen LogP contribution in [0.25, 0.3) is 0 Å². The van der Waals surface area contributed by atoms with Gasteiger partial charge in [0.2, 0.25) is 0 Å². The second-order valence-corrected chi connectivity index (χ2v) is 9.49. The summed E-state index contributed by atoms with van der Waals surface area (Å²) in [5, 5.41) is 9.63. The van der Waals surface area contributed by atoms with Crippen molar-refractivity contribution in [3.63, 3.8) is 0 Å². The average Bonchev–Trinajstić information content (AvgIpc) is 3.25. The largest absolute Gasteiger partial charge is 0.494 e. The highest BCUT2D eigenvalue weighted by atomic mass is 32.2. The van der Waals surface area contributed by atoms with Gasteiger partial charge < -0.3 is 14.6 Å². The van der Waals surface area contributed by atoms with Crippen molar-refractivity contribution in [3.05, 3.63) is 10.9 Å². The molecule has 25 heavy (non-hydrogen) atoms. The van der Waals surface area contributed by atoms with Crippen molar-refractivity contribution in [2.45, 2.75) is 23.5 Å². The summed E-state index contributed by atoms with van der Waals surface area (Å²) in [5.74, 6) is -1.72. The molecule has 3 rings (SSSR count). The predicted octanol–water partition coefficient (Wildman–Crippen LogP) is 1.42. The number of hydrogen-bond acceptors (Lipinski definition) is 7. The van der Waals surface area contributed by atoms with Gasteiger partial charge in [0.05, 0.1) is 19.6 Å². The molecule has 1 N–H and O–H groups in total. The van der Waals surface area contributed by atoms with E-state index in [4.69, 9.17) is 4.74 Å². The molecule has 1 aliphatic heterocycles. The number of thiophene rings is 1. The molecule has 8 nitrogen and oxygen atoms in total. The number of carbonyl (C=O) groups excluding carboxylic acids is 1. The molecule has 2 atom stereocenters. The minimum atomic E-state index is -3.96. The van der Waals surface area contributed by atoms with Gasteiger partial charge in [-0.05, 0) is 18.8 Å². The maximum Gasteiger partial charge on any atom is 0.348 e. The summed E-state index contributed by atoms with van der Waals surface area (Å²) < 4.78 is 36.9. The van der Waals surface area contributed by atoms with Crippen LogP contribution in [0, 0.1) is 11.3 Å². The zero-order valence-electron chi connectivity index (χ0n) is 13.9. The molecular formula is C15H19NO7S2. The number of hydrogen-bond donors (Lipinski definition) is 1. The molecule has 0 aromatic carbocycles. The monoisotopic (exact) mass is 389 g/mol. The molecule has 1 saturated carbocycles. The van der Waals surface area contributed by atoms with Crippen LogP contribution in [-0.4, -0.2) is 57.1 Å². The van der Waals surface area contributed by atoms with Crippen LogP contribution in [0.5, 0.6) is 5.75 Å². The van der Waals surface area contributed by atoms with Crippen LogP contribution in [0.4, 0.5) is 0 Å². The number of methoxy groups -OCH3 is 2. The molecule has 10 heteroatoms. The zero-order chi connectivity index (χ0) is 18.4. The molecule has 2 fully saturated rings. The summed E-state index contributed by atoms with van der Waals surface area (Å²) in [4.78, 5) is 23.6. The fourth-order valence-corrected chi connectivity index (χ4v) is 6.96. The van der Waals surface area contributed by atoms with E-state index in [1.807, 2.05) is 0 Å². The van der Waals surface area contributed by atoms with Crippen molar-refractivity contribution in [2.24, 2.45) is 11.3 Å². The van der Waals surface area contributed by atoms with Gasteiger partial charge in [0.15, 0.2) is 9.96 Å². The Bertz CT molecular complexity index is 816. The second kappa shape index (κ2) is 6.26. The molecule has 1 saturated heterocycles. The Kier molecular flexibility index (Phi) is 4.54. The van der Waals surface area contributed by atoms with Crippen LogP contribution in [-0.2, 0) is 19.6 Å². The summed E-state index contributed by atoms with van der Waals surface area (Å²) >= 11 is 0.769. The van der Waals surface area contributed by atoms with Crippen molar-refractivity contribution >= 4 is 33.3 Å². The van der Waals surface area contributed by atoms with Crippen LogP contribution < -0.4 is 4.74 Å². The molecule has 0 bridgehead atoms. The number of carboxylic acid groups (broad SMARTS) is 1. The van der Waals surface area contributed by atoms with Gasteiger partial charge in [-0.3, -0.25) is 4.79 Å². The molecule has 0 spiro atoms. The summed E-state index contributed by atoms with van der Waals surface area (Å²) in [6.45, 7) is 0.118. The van der Waals surface area contributed by atoms with Crippen molar-refractivity contribution in [3.8, 4) is 5.75 Å². The highest BCUT2D eigenvalue weighted by Crippen LogP contribution is 2.51. The molecule has 2 aliphatic rings. The van der Waals surface area contributed by atoms with Gasteiger partial charge in [0.1, 0.15) is 4.88 Å². The Hall–Kier alpha value is -1.65. The Labute approximate surface area is 149 Å². The summed E-state index contributed by atoms with van der Waals surface area (Å²) in [5.41, 5.74) is -1.01. The topological polar surface area (TPSA) is 110 Å². The summed E-state index contributed by atoms with van der Waals surface area (Å²) in [7, 11) is -1.43. The SMILES string of the molecule is COC(=O)c1cc(OC)c(S(=O)(=O)N2C[C@@H]3CCC[C@@]3(C(=O)O)C2)s1. The quantitative estimate of drug-likeness (QED) is 0.758. The number of rotatable bonds is 5. The molecular weight excluding hydrogens is 370 g/mol. The van der Waals surface area contributed by atoms with Crippen molar-refractivity contribution in [1.82, 2.24) is 4.31 Å². The molecule has 0 amide bonds. The summed E-state index contributed by atoms with van der Waals surface area (Å²) in [6.07, 6.45) is 1.97. The Morgan fingerprint density at radius 2 is 2.12 bits per heavy atom. The lowest BCUT2D eigenvalue weighted by Gasteiger charge is -2.23. The third kappa shape index (κ3) is 2.72. The fourth-order valence-electron chi connectivity index (χ4n) is 3.77. The molecule has 0 unspecified atom stereocenters. The fraction of sp³-hybridized carbons (Fsp3) is 0.600. The number of nitrogens with zero attached hydrogens (tertiary/aromatic N) is 1. The van der Waals surface area contributed by atoms with E-state index in [1.54, 1.807) is 0 Å². The Morgan fingerprint density at radius 1 is 1.40 bits per heavy atom. The number of carboxylic acids is 1. The highest BCUT2D eigenvalue weighted by molar-refractivity contribution is 7.91. The molecule has 1 aliphatic carbocycles. The van der Waals surface area contributed by atoms with E-state index in [-0.39, 0.29) is 33.8 Å². The minimum Gasteiger partial charge on any atom is -0.494 e. The number of ether oxygens (including phenoxy) is 2. The van der Waals surface area contributed by atoms with Crippen LogP contribution in [0.15, 0.2) is 10.3 Å². The standard InChI is InChI=1S/C15H19NO7S2/c1-22-10-6-11(12(17)23-2)24-13(10)25(20,21)16-7-9-4-3-5-15(9,8-16)14(18)19/h6,9H,3-5,7-8H2,1-2H3,(H,18,19)/t9-,15+/m0/s1. The molecule has 138 valence electrons. The van der Waals surface area contributed by atoms with E-state index >= 15 is 0 Å². The van der Waals surface area contributed by atoms with E-state index in [1.165, 1.54) is 24.6 Å². The maximum atomic E-state index is 13.0. The lowest BCUT2D eigenvalue weighted by atomic mass is 9.81. The van der Waals surface area contributed by atoms with Crippen LogP contribution in [0.1, 0.15) is 28.9 Å². The van der Waals surface area contributed by atoms with Gasteiger partial charge in [-0.2, -0.15) is 4.31 Å². The van der Waals surface area contributed by atoms with Crippen LogP contribution in [0.3, 0.4) is 0 Å². The third-order valence-corrected chi connectivity index (χ3v) is 8.51. The number of fused-ring (bicyclic) bond motifs is 1. The van der Waals surface area contributed by atoms with Crippen molar-refractivity contribution in [1.29, 1.82) is 0 Å². The average molecular weight is 389 g/mol. The number of aliphatic carboxylic acids is 1. The first kappa shape index (κ1) is 18.2. The van der Waals surface area contributed by atoms with Crippen molar-refractivity contribution < 1.29 is 32.6 Å². The molecule has 1 aromatic rings. The predicted molar refractivity (Wildman–Crippen MR) is 88.4 cm³/mol. The first-order valence-electron chi connectivity index (χ1n) is 7.76. The Balaban J connectivity index is 1.97. The van der Waals surface area contributed by atoms with Gasteiger partial charge in [-0.25, -0.2) is 13.2 Å². The van der Waals surface area contributed by atoms with E-state index in [2.05, 4.69) is 4.74 Å². The zero-order valence-corrected chi connectivity index (χ0v) is 15.5. The van der Waals surface area contributed by atoms with Crippen molar-refractivity contribution in [2.75, 3.05) is 27.3 Å². The number of esters is 1. The van der Waals surface area contributed by atoms with Gasteiger partial charge in [0, 0.05) is 19.2 Å². The van der Waals surface area contributed by atoms with Crippen LogP contribution >= 0.6 is 11.3 Å². The lowest BCUT2D eigenvalue weighted by molar-refractivity contribution is -0.149. The molecule has 0 radical (unpaired) electrons. The van der Waals surface area contributed by atoms with Crippen LogP contribution in [0.2, 0.25) is 0 Å². The van der Waals surface area contributed by atoms with Gasteiger partial charge in [-0.1, -0.05) is 6.42 Å². The second-order valence-electron chi connectivity index (χ2n) is 6.31. The van der Waals surface area contributed by atoms with Gasteiger partial charge in [-0.15, -0.1) is 11.3 Å². The first-order valence-corrected chi connectivity index (χ1v) is 10.0. The van der Waals surface area contributed by atoms with Gasteiger partial charge >= 0.3 is 11.9 Å². The van der Waals surface area contributed by atoms with E-state index < -0.39 is 27.4 Å². The van der Waals surface area contributed by atoms with Gasteiger partial charge in [0.25, 0.3) is 10.0 Å². The molecule has 2 heterocycles. The smallest absolute Gasteiger partial charge is 0.348 e. The van der Waals surface area contributed by atoms with E-state index in [0.29, 0.717) is 12.8 Å². The maximum absolute atomic E-state index is 13.0. The van der Waals surface area contributed by atoms with E-state index in [9.17, 15) is 23.1 Å². The lowest BCUT2D eigenvalue weighted by Crippen LogP contribution is -2.37. The molecule has 1 aromatic heterocycles. The van der Waals surface area contributed by atoms with E-state index in [0.717, 1.165) is 17.8 Å². The number of sulfonamides is 1. The highest BCUT2D eigenvalue weighted by Gasteiger charge is 2.57. The summed E-state index contributed by atoms with van der Waals surface area (Å²) in [6, 6.07) is 1.33. The first-order chi connectivity index (χ1) is 11.8. The third-order valence-electron chi connectivity index (χ3n) is 5.11.